The number of pyridine rings is 5. The van der Waals surface area contributed by atoms with Crippen LogP contribution in [0.15, 0.2) is 85.5 Å². The molecule has 6 aromatic heterocycles. The maximum absolute atomic E-state index is 12.2. The zero-order valence-electron chi connectivity index (χ0n) is 68.6. The number of imidazole rings is 1. The average molecular weight is 1850 g/mol. The van der Waals surface area contributed by atoms with Gasteiger partial charge in [-0.05, 0) is 123 Å². The van der Waals surface area contributed by atoms with Crippen molar-refractivity contribution in [1.29, 1.82) is 0 Å². The molecule has 0 aliphatic heterocycles. The number of carbonyl (C=O) groups excluding carboxylic acids is 9. The number of nitrogens with two attached hydrogens (primary N) is 3. The first-order valence-electron chi connectivity index (χ1n) is 30.4. The van der Waals surface area contributed by atoms with Gasteiger partial charge < -0.3 is 59.9 Å². The van der Waals surface area contributed by atoms with Crippen LogP contribution in [0.2, 0.25) is 0 Å². The first-order valence-corrected chi connectivity index (χ1v) is 35.1. The van der Waals surface area contributed by atoms with E-state index in [1.807, 2.05) is 34.6 Å². The fourth-order valence-corrected chi connectivity index (χ4v) is 5.66. The fourth-order valence-electron chi connectivity index (χ4n) is 5.66. The zero-order valence-corrected chi connectivity index (χ0v) is 72.6. The van der Waals surface area contributed by atoms with Gasteiger partial charge >= 0.3 is 90.5 Å². The van der Waals surface area contributed by atoms with Crippen molar-refractivity contribution in [2.45, 2.75) is 114 Å². The van der Waals surface area contributed by atoms with Gasteiger partial charge in [0.05, 0.1) is 56.3 Å². The van der Waals surface area contributed by atoms with Crippen molar-refractivity contribution in [1.82, 2.24) is 56.2 Å². The van der Waals surface area contributed by atoms with Crippen molar-refractivity contribution in [3.63, 3.8) is 0 Å². The van der Waals surface area contributed by atoms with Crippen LogP contribution in [0.25, 0.3) is 0 Å². The number of hydrogen-bond acceptors (Lipinski definition) is 22. The molecular formula is C66H97BCl5F15LiMnN14O14. The monoisotopic (exact) mass is 1840 g/mol. The molecule has 0 atom stereocenters. The van der Waals surface area contributed by atoms with Gasteiger partial charge in [-0.15, -0.1) is 58.0 Å². The predicted octanol–water partition coefficient (Wildman–Crippen LogP) is 10.7. The second-order valence-corrected chi connectivity index (χ2v) is 16.8. The minimum absolute atomic E-state index is 0. The summed E-state index contributed by atoms with van der Waals surface area (Å²) in [5.41, 5.74) is 9.33. The van der Waals surface area contributed by atoms with E-state index in [1.165, 1.54) is 121 Å². The first-order chi connectivity index (χ1) is 53.6. The Hall–Kier alpha value is -8.82. The number of nitrogens with one attached hydrogen (secondary N) is 5. The molecule has 0 fully saturated rings. The summed E-state index contributed by atoms with van der Waals surface area (Å²) in [5.74, 6) is -2.12. The van der Waals surface area contributed by atoms with Gasteiger partial charge in [0.1, 0.15) is 40.6 Å². The Morgan fingerprint density at radius 2 is 0.607 bits per heavy atom. The summed E-state index contributed by atoms with van der Waals surface area (Å²) < 4.78 is 200. The molecule has 6 rings (SSSR count). The number of aromatic nitrogens is 7. The number of aliphatic hydroxyl groups excluding tert-OH is 1. The maximum atomic E-state index is 12.2. The number of halogens is 20. The summed E-state index contributed by atoms with van der Waals surface area (Å²) in [4.78, 5) is 120. The Balaban J connectivity index is -0.0000000642. The van der Waals surface area contributed by atoms with Crippen molar-refractivity contribution in [2.75, 3.05) is 73.8 Å². The van der Waals surface area contributed by atoms with Crippen molar-refractivity contribution in [2.24, 2.45) is 17.2 Å². The molecule has 0 spiro atoms. The molecular weight excluding hydrogens is 1750 g/mol. The van der Waals surface area contributed by atoms with Crippen LogP contribution in [0.3, 0.4) is 0 Å². The Morgan fingerprint density at radius 3 is 0.684 bits per heavy atom. The number of alkyl halides is 20. The van der Waals surface area contributed by atoms with E-state index in [0.717, 1.165) is 66.7 Å². The molecule has 13 N–H and O–H groups in total. The summed E-state index contributed by atoms with van der Waals surface area (Å²) in [6.45, 7) is 20.0. The van der Waals surface area contributed by atoms with Gasteiger partial charge in [-0.1, -0.05) is 27.7 Å². The quantitative estimate of drug-likeness (QED) is 0.0332. The van der Waals surface area contributed by atoms with E-state index in [2.05, 4.69) is 120 Å². The molecule has 0 saturated carbocycles. The number of H-pyrrole nitrogens is 1. The van der Waals surface area contributed by atoms with Crippen LogP contribution in [-0.2, 0) is 77.3 Å². The molecule has 0 aliphatic rings. The van der Waals surface area contributed by atoms with Crippen molar-refractivity contribution >= 4 is 115 Å². The van der Waals surface area contributed by atoms with Crippen LogP contribution in [-0.4, -0.2) is 175 Å². The third-order valence-corrected chi connectivity index (χ3v) is 9.74. The number of hydrogen-bond donors (Lipinski definition) is 10. The molecule has 0 aromatic carbocycles. The number of aliphatic hydroxyl groups is 1. The molecule has 666 valence electrons. The molecule has 0 unspecified atom stereocenters. The van der Waals surface area contributed by atoms with Gasteiger partial charge in [0.15, 0.2) is 0 Å². The van der Waals surface area contributed by atoms with E-state index in [-0.39, 0.29) is 104 Å². The van der Waals surface area contributed by atoms with Crippen LogP contribution in [0, 0.1) is 41.5 Å². The summed E-state index contributed by atoms with van der Waals surface area (Å²) in [6.07, 6.45) is -7.76. The van der Waals surface area contributed by atoms with Crippen LogP contribution in [0.5, 0.6) is 0 Å². The van der Waals surface area contributed by atoms with Gasteiger partial charge in [0.2, 0.25) is 0 Å². The third kappa shape index (κ3) is 79.4. The number of amides is 4. The summed E-state index contributed by atoms with van der Waals surface area (Å²) in [6, 6.07) is 9.16. The standard InChI is InChI=1S/4C9H9F3N2O.C8H6F3NO2.C4H6N2.C2H6N2.C2H6O.C2H4O.2C2H6.5CH3Cl.CH5N.2CO2.B.Li.Mn.2O.H/c4*1-5-6(8(15)13-2)3-4-7(14-5)9(10,11)12;1-4-5(7(13)14)2-3-6(12-4)8(9,10)11;1-4-5-2-3-6-4;3-1-2-4;2*1-2-3;8*1-2;2*2-1-3;;;;;;/h4*3-4H,1-2H3,(H,13,15);2-3H,1H3,(H,13,14);2-3H,1H3,(H,5,6);1-2H,3-4H2;3H,2H2,1H3;2H,1H3;2*1-2H3;5*1H3;2H2,1H3;;;;;;;;/q;;;;;;;;;;;;;;;;;;;;+1;;;;-1/b;;;;;;2-1-;;;;;;;;;;;;;;;;;;. The number of aryl methyl sites for hydroxylation is 6. The molecule has 6 aromatic rings. The third-order valence-electron chi connectivity index (χ3n) is 9.74. The van der Waals surface area contributed by atoms with Gasteiger partial charge in [0.25, 0.3) is 23.6 Å². The summed E-state index contributed by atoms with van der Waals surface area (Å²) in [7, 11) is 7.11. The molecule has 28 nitrogen and oxygen atoms in total. The molecule has 6 heterocycles. The zero-order chi connectivity index (χ0) is 94.8. The first kappa shape index (κ1) is 146. The fraction of sp³-hybridized carbons (Fsp3) is 0.424. The average Bonchev–Trinajstić information content (AvgIpc) is 1.16. The van der Waals surface area contributed by atoms with Gasteiger partial charge in [-0.2, -0.15) is 85.0 Å². The van der Waals surface area contributed by atoms with Gasteiger partial charge in [0, 0.05) is 99.9 Å². The second-order valence-electron chi connectivity index (χ2n) is 16.6. The SMILES string of the molecule is CC.CC.CC=O.CCO.CCl.CCl.CCl.CCl.CCl.CN.CNC(=O)c1ccc(C(F)(F)F)nc1C.CNC(=O)c1ccc(C(F)(F)F)nc1C.CNC(=O)c1ccc(C(F)(F)F)nc1C.CNC(=O)c1ccc(C(F)(F)F)nc1C.Cc1nc(C(F)(F)F)ccc1C(=O)O.Cc1ncc[nH]1.N/C=C\N.O=C=O.O=C=O.[B].[H-].[Li+].[O]=[Mn]=[O]. The van der Waals surface area contributed by atoms with E-state index < -0.39 is 104 Å². The van der Waals surface area contributed by atoms with Crippen LogP contribution < -0.4 is 57.3 Å². The normalized spacial score (nSPS) is 8.82. The number of nitrogens with zero attached hydrogens (tertiary/aromatic N) is 6. The number of aromatic carboxylic acids is 1. The molecule has 0 saturated heterocycles. The van der Waals surface area contributed by atoms with E-state index in [1.54, 1.807) is 19.3 Å². The van der Waals surface area contributed by atoms with Crippen LogP contribution in [0.4, 0.5) is 65.9 Å². The van der Waals surface area contributed by atoms with Crippen molar-refractivity contribution in [3.8, 4) is 0 Å². The van der Waals surface area contributed by atoms with Crippen molar-refractivity contribution in [3.05, 3.63) is 176 Å². The Bertz CT molecular complexity index is 3310. The van der Waals surface area contributed by atoms with Crippen LogP contribution >= 0.6 is 58.0 Å². The van der Waals surface area contributed by atoms with E-state index >= 15 is 0 Å². The summed E-state index contributed by atoms with van der Waals surface area (Å²) >= 11 is 21.8. The van der Waals surface area contributed by atoms with E-state index in [4.69, 9.17) is 53.3 Å². The molecule has 0 aliphatic carbocycles. The Kier molecular flexibility index (Phi) is 116. The van der Waals surface area contributed by atoms with Gasteiger partial charge in [-0.25, -0.2) is 34.7 Å². The number of carboxylic acids is 1. The molecule has 3 radical (unpaired) electrons. The van der Waals surface area contributed by atoms with Crippen LogP contribution in [0.1, 0.15) is 158 Å². The molecule has 51 heteroatoms. The summed E-state index contributed by atoms with van der Waals surface area (Å²) in [5, 5.41) is 25.4. The number of carboxylic acid groups (broad SMARTS) is 1. The van der Waals surface area contributed by atoms with E-state index in [0.29, 0.717) is 6.07 Å². The molecule has 0 bridgehead atoms. The minimum atomic E-state index is -4.54. The van der Waals surface area contributed by atoms with Crippen molar-refractivity contribution < 1.29 is 167 Å². The topological polar surface area (TPSA) is 465 Å². The Labute approximate surface area is 714 Å². The number of aldehydes is 1. The number of carbonyl (C=O) groups is 6. The molecule has 4 amide bonds. The predicted molar refractivity (Wildman–Crippen MR) is 406 cm³/mol. The second kappa shape index (κ2) is 92.7. The number of aromatic amines is 1. The molecule has 117 heavy (non-hydrogen) atoms. The number of rotatable bonds is 5. The van der Waals surface area contributed by atoms with E-state index in [9.17, 15) is 89.8 Å². The van der Waals surface area contributed by atoms with Gasteiger partial charge in [-0.3, -0.25) is 19.2 Å². The Morgan fingerprint density at radius 1 is 0.462 bits per heavy atom.